The Hall–Kier alpha value is -2.94. The van der Waals surface area contributed by atoms with E-state index in [-0.39, 0.29) is 22.2 Å². The molecule has 8 nitrogen and oxygen atoms in total. The van der Waals surface area contributed by atoms with E-state index < -0.39 is 14.9 Å². The van der Waals surface area contributed by atoms with Gasteiger partial charge in [-0.2, -0.15) is 0 Å². The Morgan fingerprint density at radius 3 is 2.38 bits per heavy atom. The minimum absolute atomic E-state index is 0.0479. The Labute approximate surface area is 151 Å². The third-order valence-electron chi connectivity index (χ3n) is 3.70. The van der Waals surface area contributed by atoms with Gasteiger partial charge in [0.05, 0.1) is 15.5 Å². The van der Waals surface area contributed by atoms with Crippen LogP contribution in [-0.2, 0) is 21.2 Å². The predicted molar refractivity (Wildman–Crippen MR) is 97.5 cm³/mol. The van der Waals surface area contributed by atoms with Gasteiger partial charge in [0.1, 0.15) is 0 Å². The fourth-order valence-corrected chi connectivity index (χ4v) is 3.38. The second kappa shape index (κ2) is 7.96. The molecule has 2 aromatic rings. The Bertz CT molecular complexity index is 924. The van der Waals surface area contributed by atoms with Crippen molar-refractivity contribution >= 4 is 27.3 Å². The summed E-state index contributed by atoms with van der Waals surface area (Å²) in [5, 5.41) is 13.5. The number of amides is 1. The number of aryl methyl sites for hydroxylation is 1. The lowest BCUT2D eigenvalue weighted by atomic mass is 10.1. The first-order chi connectivity index (χ1) is 12.2. The summed E-state index contributed by atoms with van der Waals surface area (Å²) in [7, 11) is -3.87. The molecule has 0 aromatic heterocycles. The van der Waals surface area contributed by atoms with Crippen molar-refractivity contribution in [1.82, 2.24) is 5.32 Å². The summed E-state index contributed by atoms with van der Waals surface area (Å²) in [6.07, 6.45) is 0.581. The number of nitrogens with one attached hydrogen (secondary N) is 2. The van der Waals surface area contributed by atoms with Crippen LogP contribution in [0.5, 0.6) is 0 Å². The summed E-state index contributed by atoms with van der Waals surface area (Å²) >= 11 is 0. The monoisotopic (exact) mass is 377 g/mol. The average Bonchev–Trinajstić information content (AvgIpc) is 2.56. The normalized spacial score (nSPS) is 11.0. The molecule has 0 saturated carbocycles. The zero-order chi connectivity index (χ0) is 19.3. The highest BCUT2D eigenvalue weighted by Gasteiger charge is 2.17. The van der Waals surface area contributed by atoms with Gasteiger partial charge >= 0.3 is 0 Å². The molecule has 0 unspecified atom stereocenters. The molecule has 138 valence electrons. The van der Waals surface area contributed by atoms with Crippen molar-refractivity contribution in [2.45, 2.75) is 25.2 Å². The molecule has 0 spiro atoms. The van der Waals surface area contributed by atoms with Crippen molar-refractivity contribution < 1.29 is 18.1 Å². The van der Waals surface area contributed by atoms with Gasteiger partial charge in [0.2, 0.25) is 5.91 Å². The van der Waals surface area contributed by atoms with E-state index in [1.807, 2.05) is 0 Å². The SMILES string of the molecule is CC(=O)NCCc1ccc(S(=O)(=O)Nc2cc([N+](=O)[O-])ccc2C)cc1. The number of nitro groups is 1. The lowest BCUT2D eigenvalue weighted by Gasteiger charge is -2.11. The molecule has 0 aliphatic heterocycles. The number of sulfonamides is 1. The topological polar surface area (TPSA) is 118 Å². The van der Waals surface area contributed by atoms with E-state index in [2.05, 4.69) is 10.0 Å². The number of nitro benzene ring substituents is 1. The molecular weight excluding hydrogens is 358 g/mol. The fourth-order valence-electron chi connectivity index (χ4n) is 2.26. The minimum Gasteiger partial charge on any atom is -0.356 e. The van der Waals surface area contributed by atoms with Crippen molar-refractivity contribution in [3.05, 3.63) is 63.7 Å². The zero-order valence-electron chi connectivity index (χ0n) is 14.4. The maximum atomic E-state index is 12.5. The molecule has 0 aliphatic carbocycles. The standard InChI is InChI=1S/C17H19N3O5S/c1-12-3-6-15(20(22)23)11-17(12)19-26(24,25)16-7-4-14(5-8-16)9-10-18-13(2)21/h3-8,11,19H,9-10H2,1-2H3,(H,18,21). The highest BCUT2D eigenvalue weighted by atomic mass is 32.2. The summed E-state index contributed by atoms with van der Waals surface area (Å²) in [6.45, 7) is 3.55. The largest absolute Gasteiger partial charge is 0.356 e. The zero-order valence-corrected chi connectivity index (χ0v) is 15.2. The van der Waals surface area contributed by atoms with Crippen LogP contribution < -0.4 is 10.0 Å². The number of carbonyl (C=O) groups is 1. The predicted octanol–water partition coefficient (Wildman–Crippen LogP) is 2.38. The van der Waals surface area contributed by atoms with Crippen LogP contribution in [0, 0.1) is 17.0 Å². The van der Waals surface area contributed by atoms with E-state index in [0.29, 0.717) is 18.5 Å². The first-order valence-electron chi connectivity index (χ1n) is 7.80. The van der Waals surface area contributed by atoms with Gasteiger partial charge < -0.3 is 5.32 Å². The molecule has 0 bridgehead atoms. The van der Waals surface area contributed by atoms with E-state index in [9.17, 15) is 23.3 Å². The van der Waals surface area contributed by atoms with Gasteiger partial charge in [0.15, 0.2) is 0 Å². The molecule has 26 heavy (non-hydrogen) atoms. The third-order valence-corrected chi connectivity index (χ3v) is 5.08. The molecule has 1 amide bonds. The Morgan fingerprint density at radius 1 is 1.15 bits per heavy atom. The Balaban J connectivity index is 2.16. The number of hydrogen-bond acceptors (Lipinski definition) is 5. The van der Waals surface area contributed by atoms with E-state index in [4.69, 9.17) is 0 Å². The van der Waals surface area contributed by atoms with Crippen LogP contribution >= 0.6 is 0 Å². The maximum absolute atomic E-state index is 12.5. The Kier molecular flexibility index (Phi) is 5.93. The van der Waals surface area contributed by atoms with E-state index >= 15 is 0 Å². The maximum Gasteiger partial charge on any atom is 0.271 e. The van der Waals surface area contributed by atoms with Crippen LogP contribution in [0.15, 0.2) is 47.4 Å². The summed E-state index contributed by atoms with van der Waals surface area (Å²) in [5.74, 6) is -0.124. The van der Waals surface area contributed by atoms with Crippen LogP contribution in [0.4, 0.5) is 11.4 Å². The van der Waals surface area contributed by atoms with Gasteiger partial charge in [-0.25, -0.2) is 8.42 Å². The number of non-ortho nitro benzene ring substituents is 1. The quantitative estimate of drug-likeness (QED) is 0.567. The van der Waals surface area contributed by atoms with Crippen LogP contribution in [0.25, 0.3) is 0 Å². The summed E-state index contributed by atoms with van der Waals surface area (Å²) in [5.41, 5.74) is 1.42. The van der Waals surface area contributed by atoms with Crippen LogP contribution in [0.3, 0.4) is 0 Å². The van der Waals surface area contributed by atoms with Gasteiger partial charge in [-0.15, -0.1) is 0 Å². The molecule has 0 atom stereocenters. The summed E-state index contributed by atoms with van der Waals surface area (Å²) < 4.78 is 27.4. The first kappa shape index (κ1) is 19.4. The molecule has 2 N–H and O–H groups in total. The van der Waals surface area contributed by atoms with E-state index in [0.717, 1.165) is 5.56 Å². The Morgan fingerprint density at radius 2 is 1.81 bits per heavy atom. The highest BCUT2D eigenvalue weighted by Crippen LogP contribution is 2.24. The molecule has 2 aromatic carbocycles. The minimum atomic E-state index is -3.87. The first-order valence-corrected chi connectivity index (χ1v) is 9.28. The van der Waals surface area contributed by atoms with Crippen LogP contribution in [0.1, 0.15) is 18.1 Å². The molecule has 9 heteroatoms. The molecule has 0 fully saturated rings. The van der Waals surface area contributed by atoms with Gasteiger partial charge in [-0.3, -0.25) is 19.6 Å². The average molecular weight is 377 g/mol. The number of hydrogen-bond donors (Lipinski definition) is 2. The highest BCUT2D eigenvalue weighted by molar-refractivity contribution is 7.92. The smallest absolute Gasteiger partial charge is 0.271 e. The van der Waals surface area contributed by atoms with Crippen molar-refractivity contribution in [3.8, 4) is 0 Å². The van der Waals surface area contributed by atoms with Crippen molar-refractivity contribution in [2.24, 2.45) is 0 Å². The van der Waals surface area contributed by atoms with E-state index in [1.54, 1.807) is 19.1 Å². The van der Waals surface area contributed by atoms with Crippen molar-refractivity contribution in [3.63, 3.8) is 0 Å². The lowest BCUT2D eigenvalue weighted by Crippen LogP contribution is -2.22. The summed E-state index contributed by atoms with van der Waals surface area (Å²) in [4.78, 5) is 21.2. The fraction of sp³-hybridized carbons (Fsp3) is 0.235. The molecular formula is C17H19N3O5S. The molecule has 0 saturated heterocycles. The third kappa shape index (κ3) is 5.03. The van der Waals surface area contributed by atoms with Crippen LogP contribution in [0.2, 0.25) is 0 Å². The van der Waals surface area contributed by atoms with E-state index in [1.165, 1.54) is 37.3 Å². The molecule has 0 radical (unpaired) electrons. The van der Waals surface area contributed by atoms with Crippen molar-refractivity contribution in [2.75, 3.05) is 11.3 Å². The van der Waals surface area contributed by atoms with Gasteiger partial charge in [-0.05, 0) is 36.6 Å². The molecule has 0 heterocycles. The molecule has 0 aliphatic rings. The second-order valence-corrected chi connectivity index (χ2v) is 7.42. The number of anilines is 1. The van der Waals surface area contributed by atoms with Crippen LogP contribution in [-0.4, -0.2) is 25.8 Å². The number of nitrogens with zero attached hydrogens (tertiary/aromatic N) is 1. The number of carbonyl (C=O) groups excluding carboxylic acids is 1. The second-order valence-electron chi connectivity index (χ2n) is 5.74. The number of benzene rings is 2. The number of rotatable bonds is 7. The summed E-state index contributed by atoms with van der Waals surface area (Å²) in [6, 6.07) is 10.2. The van der Waals surface area contributed by atoms with Gasteiger partial charge in [-0.1, -0.05) is 18.2 Å². The van der Waals surface area contributed by atoms with Gasteiger partial charge in [0, 0.05) is 25.6 Å². The van der Waals surface area contributed by atoms with Crippen molar-refractivity contribution in [1.29, 1.82) is 0 Å². The lowest BCUT2D eigenvalue weighted by molar-refractivity contribution is -0.384. The molecule has 2 rings (SSSR count). The van der Waals surface area contributed by atoms with Gasteiger partial charge in [0.25, 0.3) is 15.7 Å².